The molecule has 0 radical (unpaired) electrons. The summed E-state index contributed by atoms with van der Waals surface area (Å²) < 4.78 is 0. The number of aryl methyl sites for hydroxylation is 1. The lowest BCUT2D eigenvalue weighted by Gasteiger charge is -2.28. The number of rotatable bonds is 6. The number of anilines is 1. The van der Waals surface area contributed by atoms with Crippen LogP contribution in [0, 0.1) is 0 Å². The predicted molar refractivity (Wildman–Crippen MR) is 83.9 cm³/mol. The molecule has 19 heavy (non-hydrogen) atoms. The van der Waals surface area contributed by atoms with Crippen LogP contribution in [0.1, 0.15) is 50.7 Å². The quantitative estimate of drug-likeness (QED) is 0.838. The van der Waals surface area contributed by atoms with Crippen LogP contribution in [0.15, 0.2) is 18.2 Å². The van der Waals surface area contributed by atoms with E-state index in [0.29, 0.717) is 6.04 Å². The van der Waals surface area contributed by atoms with Gasteiger partial charge in [-0.05, 0) is 42.9 Å². The predicted octanol–water partition coefficient (Wildman–Crippen LogP) is 3.74. The van der Waals surface area contributed by atoms with Crippen LogP contribution >= 0.6 is 0 Å². The monoisotopic (exact) mass is 260 g/mol. The van der Waals surface area contributed by atoms with Gasteiger partial charge in [0.2, 0.25) is 0 Å². The summed E-state index contributed by atoms with van der Waals surface area (Å²) >= 11 is 0. The number of hydrogen-bond acceptors (Lipinski definition) is 2. The second kappa shape index (κ2) is 6.95. The molecule has 1 aliphatic heterocycles. The van der Waals surface area contributed by atoms with Crippen molar-refractivity contribution in [1.29, 1.82) is 0 Å². The first-order valence-corrected chi connectivity index (χ1v) is 7.81. The third-order valence-corrected chi connectivity index (χ3v) is 4.22. The third-order valence-electron chi connectivity index (χ3n) is 4.22. The highest BCUT2D eigenvalue weighted by Crippen LogP contribution is 2.26. The van der Waals surface area contributed by atoms with Crippen molar-refractivity contribution >= 4 is 5.69 Å². The molecule has 1 unspecified atom stereocenters. The molecule has 0 saturated carbocycles. The van der Waals surface area contributed by atoms with E-state index in [-0.39, 0.29) is 0 Å². The van der Waals surface area contributed by atoms with E-state index in [1.807, 2.05) is 0 Å². The standard InChI is InChI=1S/C17H28N2/c1-4-7-16(5-2)18-13-14-9-10-17-15(12-14)8-6-11-19(17)3/h9-10,12,16,18H,4-8,11,13H2,1-3H3. The Hall–Kier alpha value is -1.02. The topological polar surface area (TPSA) is 15.3 Å². The van der Waals surface area contributed by atoms with E-state index >= 15 is 0 Å². The van der Waals surface area contributed by atoms with Crippen molar-refractivity contribution in [3.63, 3.8) is 0 Å². The number of fused-ring (bicyclic) bond motifs is 1. The van der Waals surface area contributed by atoms with Crippen molar-refractivity contribution in [1.82, 2.24) is 5.32 Å². The summed E-state index contributed by atoms with van der Waals surface area (Å²) in [5, 5.41) is 3.69. The molecule has 106 valence electrons. The SMILES string of the molecule is CCCC(CC)NCc1ccc2c(c1)CCCN2C. The molecule has 1 N–H and O–H groups in total. The maximum absolute atomic E-state index is 3.69. The summed E-state index contributed by atoms with van der Waals surface area (Å²) in [6.45, 7) is 6.74. The van der Waals surface area contributed by atoms with E-state index in [1.54, 1.807) is 0 Å². The Morgan fingerprint density at radius 1 is 1.32 bits per heavy atom. The average Bonchev–Trinajstić information content (AvgIpc) is 2.43. The van der Waals surface area contributed by atoms with Gasteiger partial charge in [0.25, 0.3) is 0 Å². The summed E-state index contributed by atoms with van der Waals surface area (Å²) in [5.41, 5.74) is 4.38. The number of nitrogens with zero attached hydrogens (tertiary/aromatic N) is 1. The Morgan fingerprint density at radius 3 is 2.89 bits per heavy atom. The normalized spacial score (nSPS) is 16.3. The van der Waals surface area contributed by atoms with Crippen LogP contribution in [0.2, 0.25) is 0 Å². The van der Waals surface area contributed by atoms with E-state index in [9.17, 15) is 0 Å². The summed E-state index contributed by atoms with van der Waals surface area (Å²) in [6.07, 6.45) is 6.29. The molecule has 2 heteroatoms. The van der Waals surface area contributed by atoms with E-state index in [4.69, 9.17) is 0 Å². The van der Waals surface area contributed by atoms with Crippen molar-refractivity contribution in [2.45, 2.75) is 58.5 Å². The van der Waals surface area contributed by atoms with Gasteiger partial charge in [0, 0.05) is 31.9 Å². The molecule has 1 heterocycles. The van der Waals surface area contributed by atoms with Crippen molar-refractivity contribution in [2.75, 3.05) is 18.5 Å². The van der Waals surface area contributed by atoms with Gasteiger partial charge < -0.3 is 10.2 Å². The van der Waals surface area contributed by atoms with Crippen molar-refractivity contribution in [3.05, 3.63) is 29.3 Å². The largest absolute Gasteiger partial charge is 0.374 e. The first-order valence-electron chi connectivity index (χ1n) is 7.81. The Morgan fingerprint density at radius 2 is 2.16 bits per heavy atom. The zero-order valence-electron chi connectivity index (χ0n) is 12.7. The summed E-state index contributed by atoms with van der Waals surface area (Å²) in [5.74, 6) is 0. The lowest BCUT2D eigenvalue weighted by Crippen LogP contribution is -2.28. The molecule has 2 rings (SSSR count). The Labute approximate surface area is 118 Å². The minimum absolute atomic E-state index is 0.670. The molecule has 0 spiro atoms. The second-order valence-electron chi connectivity index (χ2n) is 5.76. The maximum atomic E-state index is 3.69. The van der Waals surface area contributed by atoms with Gasteiger partial charge in [-0.25, -0.2) is 0 Å². The highest BCUT2D eigenvalue weighted by molar-refractivity contribution is 5.56. The first kappa shape index (κ1) is 14.4. The Kier molecular flexibility index (Phi) is 5.26. The van der Waals surface area contributed by atoms with Crippen LogP contribution in [0.5, 0.6) is 0 Å². The minimum atomic E-state index is 0.670. The lowest BCUT2D eigenvalue weighted by atomic mass is 9.99. The summed E-state index contributed by atoms with van der Waals surface area (Å²) in [4.78, 5) is 2.38. The van der Waals surface area contributed by atoms with Crippen LogP contribution in [0.3, 0.4) is 0 Å². The molecule has 1 aliphatic rings. The Balaban J connectivity index is 1.98. The molecule has 0 bridgehead atoms. The van der Waals surface area contributed by atoms with Crippen LogP contribution in [-0.2, 0) is 13.0 Å². The zero-order valence-corrected chi connectivity index (χ0v) is 12.7. The zero-order chi connectivity index (χ0) is 13.7. The fourth-order valence-corrected chi connectivity index (χ4v) is 3.01. The summed E-state index contributed by atoms with van der Waals surface area (Å²) in [6, 6.07) is 7.65. The Bertz CT molecular complexity index is 400. The fraction of sp³-hybridized carbons (Fsp3) is 0.647. The van der Waals surface area contributed by atoms with Gasteiger partial charge in [-0.3, -0.25) is 0 Å². The molecular formula is C17H28N2. The van der Waals surface area contributed by atoms with Gasteiger partial charge in [0.1, 0.15) is 0 Å². The molecule has 0 amide bonds. The lowest BCUT2D eigenvalue weighted by molar-refractivity contribution is 0.462. The van der Waals surface area contributed by atoms with Gasteiger partial charge in [-0.15, -0.1) is 0 Å². The van der Waals surface area contributed by atoms with E-state index < -0.39 is 0 Å². The molecule has 2 nitrogen and oxygen atoms in total. The number of nitrogens with one attached hydrogen (secondary N) is 1. The molecular weight excluding hydrogens is 232 g/mol. The fourth-order valence-electron chi connectivity index (χ4n) is 3.01. The van der Waals surface area contributed by atoms with Gasteiger partial charge in [-0.2, -0.15) is 0 Å². The third kappa shape index (κ3) is 3.73. The van der Waals surface area contributed by atoms with Crippen molar-refractivity contribution in [3.8, 4) is 0 Å². The van der Waals surface area contributed by atoms with Crippen molar-refractivity contribution < 1.29 is 0 Å². The molecule has 0 saturated heterocycles. The van der Waals surface area contributed by atoms with Crippen LogP contribution in [0.25, 0.3) is 0 Å². The highest BCUT2D eigenvalue weighted by atomic mass is 15.1. The van der Waals surface area contributed by atoms with Gasteiger partial charge in [-0.1, -0.05) is 32.4 Å². The molecule has 1 aromatic carbocycles. The molecule has 1 atom stereocenters. The average molecular weight is 260 g/mol. The first-order chi connectivity index (χ1) is 9.24. The van der Waals surface area contributed by atoms with Crippen LogP contribution in [-0.4, -0.2) is 19.6 Å². The van der Waals surface area contributed by atoms with Crippen LogP contribution in [0.4, 0.5) is 5.69 Å². The van der Waals surface area contributed by atoms with E-state index in [1.165, 1.54) is 55.5 Å². The van der Waals surface area contributed by atoms with Crippen molar-refractivity contribution in [2.24, 2.45) is 0 Å². The van der Waals surface area contributed by atoms with Crippen LogP contribution < -0.4 is 10.2 Å². The van der Waals surface area contributed by atoms with Gasteiger partial charge in [0.15, 0.2) is 0 Å². The molecule has 1 aromatic rings. The summed E-state index contributed by atoms with van der Waals surface area (Å²) in [7, 11) is 2.20. The minimum Gasteiger partial charge on any atom is -0.374 e. The van der Waals surface area contributed by atoms with Gasteiger partial charge >= 0.3 is 0 Å². The molecule has 0 fully saturated rings. The number of benzene rings is 1. The molecule has 0 aromatic heterocycles. The molecule has 0 aliphatic carbocycles. The van der Waals surface area contributed by atoms with E-state index in [0.717, 1.165) is 6.54 Å². The number of hydrogen-bond donors (Lipinski definition) is 1. The second-order valence-corrected chi connectivity index (χ2v) is 5.76. The smallest absolute Gasteiger partial charge is 0.0396 e. The maximum Gasteiger partial charge on any atom is 0.0396 e. The van der Waals surface area contributed by atoms with Gasteiger partial charge in [0.05, 0.1) is 0 Å². The highest BCUT2D eigenvalue weighted by Gasteiger charge is 2.13. The van der Waals surface area contributed by atoms with E-state index in [2.05, 4.69) is 49.3 Å².